The first kappa shape index (κ1) is 12.6. The van der Waals surface area contributed by atoms with Crippen LogP contribution in [0.3, 0.4) is 0 Å². The summed E-state index contributed by atoms with van der Waals surface area (Å²) in [5.74, 6) is 0.745. The van der Waals surface area contributed by atoms with Crippen molar-refractivity contribution in [1.82, 2.24) is 5.32 Å². The van der Waals surface area contributed by atoms with E-state index < -0.39 is 9.84 Å². The highest BCUT2D eigenvalue weighted by Crippen LogP contribution is 2.26. The quantitative estimate of drug-likeness (QED) is 0.895. The van der Waals surface area contributed by atoms with E-state index in [0.29, 0.717) is 10.8 Å². The van der Waals surface area contributed by atoms with Crippen LogP contribution in [0.5, 0.6) is 0 Å². The van der Waals surface area contributed by atoms with Crippen LogP contribution in [0.4, 0.5) is 0 Å². The van der Waals surface area contributed by atoms with Crippen molar-refractivity contribution in [2.24, 2.45) is 0 Å². The minimum Gasteiger partial charge on any atom is -0.317 e. The molecule has 17 heavy (non-hydrogen) atoms. The van der Waals surface area contributed by atoms with Crippen LogP contribution in [-0.4, -0.2) is 27.3 Å². The van der Waals surface area contributed by atoms with Gasteiger partial charge in [-0.1, -0.05) is 19.1 Å². The van der Waals surface area contributed by atoms with E-state index in [2.05, 4.69) is 5.32 Å². The Balaban J connectivity index is 2.18. The third kappa shape index (κ3) is 2.87. The molecule has 0 aliphatic carbocycles. The molecule has 94 valence electrons. The van der Waals surface area contributed by atoms with Gasteiger partial charge in [-0.2, -0.15) is 0 Å². The van der Waals surface area contributed by atoms with Crippen LogP contribution in [0, 0.1) is 0 Å². The third-order valence-corrected chi connectivity index (χ3v) is 5.18. The zero-order valence-corrected chi connectivity index (χ0v) is 11.0. The molecule has 1 aliphatic heterocycles. The molecule has 2 rings (SSSR count). The van der Waals surface area contributed by atoms with Gasteiger partial charge in [0, 0.05) is 0 Å². The smallest absolute Gasteiger partial charge is 0.178 e. The molecule has 0 spiro atoms. The van der Waals surface area contributed by atoms with Crippen LogP contribution in [0.2, 0.25) is 0 Å². The summed E-state index contributed by atoms with van der Waals surface area (Å²) in [5.41, 5.74) is 1.27. The summed E-state index contributed by atoms with van der Waals surface area (Å²) < 4.78 is 23.4. The molecule has 1 heterocycles. The van der Waals surface area contributed by atoms with Crippen molar-refractivity contribution in [1.29, 1.82) is 0 Å². The van der Waals surface area contributed by atoms with Gasteiger partial charge in [0.05, 0.1) is 10.6 Å². The lowest BCUT2D eigenvalue weighted by Gasteiger charge is -2.23. The third-order valence-electron chi connectivity index (χ3n) is 3.43. The summed E-state index contributed by atoms with van der Waals surface area (Å²) in [6.07, 6.45) is 2.28. The predicted octanol–water partition coefficient (Wildman–Crippen LogP) is 1.95. The van der Waals surface area contributed by atoms with Crippen LogP contribution in [0.1, 0.15) is 31.2 Å². The van der Waals surface area contributed by atoms with Gasteiger partial charge in [0.25, 0.3) is 0 Å². The van der Waals surface area contributed by atoms with Crippen molar-refractivity contribution in [2.45, 2.75) is 30.6 Å². The molecule has 0 radical (unpaired) electrons. The molecule has 0 bridgehead atoms. The fraction of sp³-hybridized carbons (Fsp3) is 0.538. The Kier molecular flexibility index (Phi) is 3.84. The molecule has 1 N–H and O–H groups in total. The van der Waals surface area contributed by atoms with Gasteiger partial charge in [-0.05, 0) is 49.5 Å². The molecule has 4 heteroatoms. The Labute approximate surface area is 103 Å². The molecule has 0 aromatic heterocycles. The summed E-state index contributed by atoms with van der Waals surface area (Å²) in [6.45, 7) is 3.79. The van der Waals surface area contributed by atoms with Crippen LogP contribution in [-0.2, 0) is 9.84 Å². The van der Waals surface area contributed by atoms with Crippen LogP contribution < -0.4 is 5.32 Å². The van der Waals surface area contributed by atoms with E-state index in [1.54, 1.807) is 19.1 Å². The van der Waals surface area contributed by atoms with Gasteiger partial charge in [0.2, 0.25) is 0 Å². The summed E-state index contributed by atoms with van der Waals surface area (Å²) in [4.78, 5) is 0.442. The summed E-state index contributed by atoms with van der Waals surface area (Å²) in [7, 11) is -3.06. The van der Waals surface area contributed by atoms with E-state index in [1.807, 2.05) is 12.1 Å². The maximum Gasteiger partial charge on any atom is 0.178 e. The molecular weight excluding hydrogens is 234 g/mol. The number of piperidine rings is 1. The molecule has 3 nitrogen and oxygen atoms in total. The van der Waals surface area contributed by atoms with Crippen molar-refractivity contribution in [2.75, 3.05) is 18.8 Å². The first-order valence-corrected chi connectivity index (χ1v) is 7.82. The fourth-order valence-corrected chi connectivity index (χ4v) is 3.15. The zero-order valence-electron chi connectivity index (χ0n) is 10.1. The van der Waals surface area contributed by atoms with Crippen molar-refractivity contribution in [3.8, 4) is 0 Å². The summed E-state index contributed by atoms with van der Waals surface area (Å²) >= 11 is 0. The minimum atomic E-state index is -3.06. The Hall–Kier alpha value is -0.870. The first-order chi connectivity index (χ1) is 8.13. The second-order valence-corrected chi connectivity index (χ2v) is 6.77. The SMILES string of the molecule is CCS(=O)(=O)c1ccc(C2CCNCC2)cc1. The number of hydrogen-bond donors (Lipinski definition) is 1. The average molecular weight is 253 g/mol. The van der Waals surface area contributed by atoms with Gasteiger partial charge in [0.1, 0.15) is 0 Å². The van der Waals surface area contributed by atoms with E-state index in [1.165, 1.54) is 5.56 Å². The lowest BCUT2D eigenvalue weighted by molar-refractivity contribution is 0.460. The maximum absolute atomic E-state index is 11.7. The number of hydrogen-bond acceptors (Lipinski definition) is 3. The number of rotatable bonds is 3. The molecule has 0 unspecified atom stereocenters. The summed E-state index contributed by atoms with van der Waals surface area (Å²) in [6, 6.07) is 7.43. The highest BCUT2D eigenvalue weighted by atomic mass is 32.2. The van der Waals surface area contributed by atoms with E-state index in [-0.39, 0.29) is 5.75 Å². The van der Waals surface area contributed by atoms with Gasteiger partial charge >= 0.3 is 0 Å². The average Bonchev–Trinajstić information content (AvgIpc) is 2.40. The van der Waals surface area contributed by atoms with E-state index >= 15 is 0 Å². The number of benzene rings is 1. The Morgan fingerprint density at radius 1 is 1.18 bits per heavy atom. The van der Waals surface area contributed by atoms with Gasteiger partial charge < -0.3 is 5.32 Å². The van der Waals surface area contributed by atoms with Crippen molar-refractivity contribution < 1.29 is 8.42 Å². The van der Waals surface area contributed by atoms with Crippen LogP contribution in [0.15, 0.2) is 29.2 Å². The second kappa shape index (κ2) is 5.19. The lowest BCUT2D eigenvalue weighted by Crippen LogP contribution is -2.26. The van der Waals surface area contributed by atoms with Gasteiger partial charge in [-0.3, -0.25) is 0 Å². The van der Waals surface area contributed by atoms with Crippen molar-refractivity contribution in [3.05, 3.63) is 29.8 Å². The monoisotopic (exact) mass is 253 g/mol. The van der Waals surface area contributed by atoms with Crippen LogP contribution >= 0.6 is 0 Å². The molecule has 1 fully saturated rings. The standard InChI is InChI=1S/C13H19NO2S/c1-2-17(15,16)13-5-3-11(4-6-13)12-7-9-14-10-8-12/h3-6,12,14H,2,7-10H2,1H3. The molecule has 0 saturated carbocycles. The van der Waals surface area contributed by atoms with Gasteiger partial charge in [-0.15, -0.1) is 0 Å². The molecule has 1 aromatic rings. The van der Waals surface area contributed by atoms with Crippen molar-refractivity contribution in [3.63, 3.8) is 0 Å². The lowest BCUT2D eigenvalue weighted by atomic mass is 9.90. The fourth-order valence-electron chi connectivity index (χ4n) is 2.27. The van der Waals surface area contributed by atoms with E-state index in [4.69, 9.17) is 0 Å². The van der Waals surface area contributed by atoms with Crippen molar-refractivity contribution >= 4 is 9.84 Å². The van der Waals surface area contributed by atoms with Gasteiger partial charge in [-0.25, -0.2) is 8.42 Å². The Morgan fingerprint density at radius 3 is 2.29 bits per heavy atom. The highest BCUT2D eigenvalue weighted by Gasteiger charge is 2.16. The highest BCUT2D eigenvalue weighted by molar-refractivity contribution is 7.91. The first-order valence-electron chi connectivity index (χ1n) is 6.17. The van der Waals surface area contributed by atoms with E-state index in [0.717, 1.165) is 25.9 Å². The largest absolute Gasteiger partial charge is 0.317 e. The molecule has 1 aliphatic rings. The molecule has 0 atom stereocenters. The molecular formula is C13H19NO2S. The van der Waals surface area contributed by atoms with E-state index in [9.17, 15) is 8.42 Å². The normalized spacial score (nSPS) is 18.2. The number of nitrogens with one attached hydrogen (secondary N) is 1. The second-order valence-electron chi connectivity index (χ2n) is 4.50. The minimum absolute atomic E-state index is 0.166. The van der Waals surface area contributed by atoms with Crippen LogP contribution in [0.25, 0.3) is 0 Å². The maximum atomic E-state index is 11.7. The zero-order chi connectivity index (χ0) is 12.3. The molecule has 0 amide bonds. The molecule has 1 aromatic carbocycles. The number of sulfone groups is 1. The topological polar surface area (TPSA) is 46.2 Å². The molecule has 1 saturated heterocycles. The Morgan fingerprint density at radius 2 is 1.76 bits per heavy atom. The van der Waals surface area contributed by atoms with Gasteiger partial charge in [0.15, 0.2) is 9.84 Å². The summed E-state index contributed by atoms with van der Waals surface area (Å²) in [5, 5.41) is 3.33. The predicted molar refractivity (Wildman–Crippen MR) is 69.0 cm³/mol. The Bertz CT molecular complexity index is 459.